The highest BCUT2D eigenvalue weighted by atomic mass is 32.3. The Labute approximate surface area is 475 Å². The molecule has 2 rings (SSSR count). The lowest BCUT2D eigenvalue weighted by Gasteiger charge is -2.28. The third-order valence-corrected chi connectivity index (χ3v) is 12.1. The van der Waals surface area contributed by atoms with Crippen LogP contribution in [0, 0.1) is 5.92 Å². The first-order chi connectivity index (χ1) is 38.8. The van der Waals surface area contributed by atoms with Crippen molar-refractivity contribution >= 4 is 75.9 Å². The highest BCUT2D eigenvalue weighted by Gasteiger charge is 2.36. The smallest absolute Gasteiger partial charge is 0.394 e. The van der Waals surface area contributed by atoms with Gasteiger partial charge in [-0.25, -0.2) is 0 Å². The largest absolute Gasteiger partial charge is 0.396 e. The van der Waals surface area contributed by atoms with Crippen LogP contribution in [0.1, 0.15) is 77.2 Å². The summed E-state index contributed by atoms with van der Waals surface area (Å²) in [5.74, 6) is -9.12. The molecule has 1 aromatic rings. The molecular formula is C48H84N16O17S. The van der Waals surface area contributed by atoms with E-state index < -0.39 is 156 Å². The summed E-state index contributed by atoms with van der Waals surface area (Å²) in [6, 6.07) is -5.48. The lowest BCUT2D eigenvalue weighted by atomic mass is 10.00. The summed E-state index contributed by atoms with van der Waals surface area (Å²) < 4.78 is 31.6. The molecule has 33 nitrogen and oxygen atoms in total. The van der Waals surface area contributed by atoms with Crippen LogP contribution in [-0.4, -0.2) is 206 Å². The fraction of sp³-hybridized carbons (Fsp3) is 0.646. The standard InChI is InChI=1S/C48H82N16O13.H2O4S/c1-27(2)24-37-47(76)59-32(11-19-52)41(70)56-31(10-18-51)43(72)61-35(14-22-65)39(68)54-21-13-34(45(74)57-33(12-20-53)44(73)64-38(48(77)63-37)25-28-6-4-3-5-7-28)60-42(71)30(9-17-50)58-46(75)36(15-23-66)62-40(69)29(8-16-49)55-26-67;1-5(2,3)4/h3-7,26-27,29-38,65-66H,8-25,49-53H2,1-2H3,(H,54,68)(H,55,67)(H,56,70)(H,57,74)(H,58,75)(H,59,76)(H,60,71)(H,61,72)(H,62,69)(H,63,77)(H,64,73);(H2,1,2,3,4). The Hall–Kier alpha value is -7.02. The first kappa shape index (κ1) is 73.0. The number of hydrogen-bond donors (Lipinski definition) is 20. The van der Waals surface area contributed by atoms with E-state index in [0.29, 0.717) is 5.56 Å². The molecule has 1 aliphatic rings. The number of aliphatic hydroxyl groups is 2. The fourth-order valence-corrected chi connectivity index (χ4v) is 8.02. The lowest BCUT2D eigenvalue weighted by Crippen LogP contribution is -2.61. The summed E-state index contributed by atoms with van der Waals surface area (Å²) in [4.78, 5) is 150. The van der Waals surface area contributed by atoms with Gasteiger partial charge in [0.1, 0.15) is 60.4 Å². The summed E-state index contributed by atoms with van der Waals surface area (Å²) in [5.41, 5.74) is 29.6. The molecule has 82 heavy (non-hydrogen) atoms. The van der Waals surface area contributed by atoms with Crippen LogP contribution in [-0.2, 0) is 69.6 Å². The maximum absolute atomic E-state index is 14.4. The molecule has 1 fully saturated rings. The van der Waals surface area contributed by atoms with E-state index in [4.69, 9.17) is 46.2 Å². The van der Waals surface area contributed by atoms with Gasteiger partial charge in [-0.3, -0.25) is 61.8 Å². The maximum atomic E-state index is 14.4. The summed E-state index contributed by atoms with van der Waals surface area (Å²) in [6.45, 7) is 1.33. The van der Waals surface area contributed by atoms with Crippen LogP contribution in [0.3, 0.4) is 0 Å². The van der Waals surface area contributed by atoms with Crippen LogP contribution < -0.4 is 87.2 Å². The van der Waals surface area contributed by atoms with Gasteiger partial charge in [-0.05, 0) is 102 Å². The van der Waals surface area contributed by atoms with Crippen molar-refractivity contribution in [1.82, 2.24) is 58.5 Å². The highest BCUT2D eigenvalue weighted by Crippen LogP contribution is 2.11. The van der Waals surface area contributed by atoms with E-state index in [-0.39, 0.29) is 103 Å². The van der Waals surface area contributed by atoms with E-state index >= 15 is 0 Å². The SMILES string of the molecule is CC(C)CC1NC(=O)C(Cc2ccccc2)NC(=O)C(CCN)NC(=O)C(NC(=O)C(CCN)NC(=O)C(CCO)NC(=O)C(CCN)NC=O)CCNC(=O)C(CCO)NC(=O)C(CCN)NC(=O)C(CCN)NC1=O.O=S(=O)(O)O. The predicted molar refractivity (Wildman–Crippen MR) is 294 cm³/mol. The third kappa shape index (κ3) is 28.6. The topological polar surface area (TPSA) is 565 Å². The molecule has 10 atom stereocenters. The third-order valence-electron chi connectivity index (χ3n) is 12.1. The second kappa shape index (κ2) is 39.4. The second-order valence-corrected chi connectivity index (χ2v) is 20.0. The number of amides is 11. The molecule has 1 aliphatic heterocycles. The summed E-state index contributed by atoms with van der Waals surface area (Å²) >= 11 is 0. The molecule has 0 aliphatic carbocycles. The van der Waals surface area contributed by atoms with E-state index in [0.717, 1.165) is 0 Å². The molecular weight excluding hydrogens is 1100 g/mol. The van der Waals surface area contributed by atoms with Crippen molar-refractivity contribution in [2.75, 3.05) is 52.5 Å². The minimum absolute atomic E-state index is 0.00155. The Balaban J connectivity index is 0.00000642. The Bertz CT molecular complexity index is 2330. The van der Waals surface area contributed by atoms with Gasteiger partial charge in [-0.2, -0.15) is 8.42 Å². The molecule has 0 bridgehead atoms. The first-order valence-corrected chi connectivity index (χ1v) is 27.9. The lowest BCUT2D eigenvalue weighted by molar-refractivity contribution is -0.136. The normalized spacial score (nSPS) is 22.0. The van der Waals surface area contributed by atoms with Gasteiger partial charge in [0, 0.05) is 26.2 Å². The number of nitrogens with one attached hydrogen (secondary N) is 11. The number of aliphatic hydroxyl groups excluding tert-OH is 2. The van der Waals surface area contributed by atoms with Crippen molar-refractivity contribution in [3.63, 3.8) is 0 Å². The summed E-state index contributed by atoms with van der Waals surface area (Å²) in [7, 11) is -4.67. The molecule has 10 unspecified atom stereocenters. The van der Waals surface area contributed by atoms with Crippen LogP contribution in [0.5, 0.6) is 0 Å². The number of carbonyl (C=O) groups is 11. The molecule has 0 spiro atoms. The molecule has 1 saturated heterocycles. The maximum Gasteiger partial charge on any atom is 0.394 e. The summed E-state index contributed by atoms with van der Waals surface area (Å²) in [6.07, 6.45) is -1.61. The van der Waals surface area contributed by atoms with Crippen LogP contribution in [0.2, 0.25) is 0 Å². The van der Waals surface area contributed by atoms with E-state index in [1.807, 2.05) is 0 Å². The summed E-state index contributed by atoms with van der Waals surface area (Å²) in [5, 5.41) is 47.5. The second-order valence-electron chi connectivity index (χ2n) is 19.1. The zero-order chi connectivity index (χ0) is 62.0. The van der Waals surface area contributed by atoms with Crippen molar-refractivity contribution < 1.29 is 80.5 Å². The molecule has 25 N–H and O–H groups in total. The molecule has 0 aromatic heterocycles. The molecule has 11 amide bonds. The molecule has 1 heterocycles. The highest BCUT2D eigenvalue weighted by molar-refractivity contribution is 7.79. The number of benzene rings is 1. The van der Waals surface area contributed by atoms with Gasteiger partial charge in [0.15, 0.2) is 0 Å². The van der Waals surface area contributed by atoms with E-state index in [9.17, 15) is 63.0 Å². The van der Waals surface area contributed by atoms with Crippen molar-refractivity contribution in [3.05, 3.63) is 35.9 Å². The Morgan fingerprint density at radius 2 is 0.988 bits per heavy atom. The number of carbonyl (C=O) groups excluding carboxylic acids is 11. The Kier molecular flexibility index (Phi) is 35.1. The van der Waals surface area contributed by atoms with Crippen molar-refractivity contribution in [3.8, 4) is 0 Å². The monoisotopic (exact) mass is 1190 g/mol. The van der Waals surface area contributed by atoms with Crippen LogP contribution in [0.15, 0.2) is 30.3 Å². The van der Waals surface area contributed by atoms with Crippen molar-refractivity contribution in [1.29, 1.82) is 0 Å². The molecule has 34 heteroatoms. The number of nitrogens with two attached hydrogens (primary N) is 5. The minimum Gasteiger partial charge on any atom is -0.396 e. The fourth-order valence-electron chi connectivity index (χ4n) is 8.02. The molecule has 1 aromatic carbocycles. The van der Waals surface area contributed by atoms with E-state index in [2.05, 4.69) is 58.5 Å². The zero-order valence-electron chi connectivity index (χ0n) is 45.9. The van der Waals surface area contributed by atoms with Crippen LogP contribution in [0.4, 0.5) is 0 Å². The number of rotatable bonds is 26. The Morgan fingerprint density at radius 1 is 0.573 bits per heavy atom. The quantitative estimate of drug-likeness (QED) is 0.0303. The molecule has 0 radical (unpaired) electrons. The van der Waals surface area contributed by atoms with Gasteiger partial charge in [0.2, 0.25) is 65.5 Å². The number of hydrogen-bond acceptors (Lipinski definition) is 20. The minimum atomic E-state index is -4.67. The van der Waals surface area contributed by atoms with Crippen molar-refractivity contribution in [2.24, 2.45) is 34.6 Å². The van der Waals surface area contributed by atoms with Gasteiger partial charge in [0.25, 0.3) is 0 Å². The first-order valence-electron chi connectivity index (χ1n) is 26.5. The van der Waals surface area contributed by atoms with Gasteiger partial charge in [-0.1, -0.05) is 44.2 Å². The van der Waals surface area contributed by atoms with Crippen LogP contribution >= 0.6 is 0 Å². The van der Waals surface area contributed by atoms with E-state index in [1.54, 1.807) is 44.2 Å². The van der Waals surface area contributed by atoms with Gasteiger partial charge in [-0.15, -0.1) is 0 Å². The predicted octanol–water partition coefficient (Wildman–Crippen LogP) is -8.87. The van der Waals surface area contributed by atoms with Gasteiger partial charge >= 0.3 is 10.4 Å². The van der Waals surface area contributed by atoms with Crippen LogP contribution in [0.25, 0.3) is 0 Å². The van der Waals surface area contributed by atoms with Gasteiger partial charge < -0.3 is 97.4 Å². The molecule has 0 saturated carbocycles. The van der Waals surface area contributed by atoms with Crippen molar-refractivity contribution in [2.45, 2.75) is 138 Å². The Morgan fingerprint density at radius 3 is 1.44 bits per heavy atom. The average molecular weight is 1190 g/mol. The molecule has 464 valence electrons. The zero-order valence-corrected chi connectivity index (χ0v) is 46.8. The van der Waals surface area contributed by atoms with Gasteiger partial charge in [0.05, 0.1) is 0 Å². The average Bonchev–Trinajstić information content (AvgIpc) is 3.42. The van der Waals surface area contributed by atoms with E-state index in [1.165, 1.54) is 0 Å².